The summed E-state index contributed by atoms with van der Waals surface area (Å²) in [6.07, 6.45) is 2.13. The van der Waals surface area contributed by atoms with Gasteiger partial charge in [0.2, 0.25) is 0 Å². The number of phenolic OH excluding ortho intramolecular Hbond substituents is 1. The van der Waals surface area contributed by atoms with Gasteiger partial charge in [-0.1, -0.05) is 75.3 Å². The molecule has 0 saturated heterocycles. The lowest BCUT2D eigenvalue weighted by molar-refractivity contribution is 0.274. The molecule has 0 atom stereocenters. The third-order valence-corrected chi connectivity index (χ3v) is 4.75. The van der Waals surface area contributed by atoms with Gasteiger partial charge in [-0.05, 0) is 64.2 Å². The first-order chi connectivity index (χ1) is 10.4. The normalized spacial score (nSPS) is 14.1. The third kappa shape index (κ3) is 5.53. The predicted molar refractivity (Wildman–Crippen MR) is 107 cm³/mol. The Morgan fingerprint density at radius 2 is 1.04 bits per heavy atom. The van der Waals surface area contributed by atoms with Gasteiger partial charge in [0.1, 0.15) is 5.75 Å². The summed E-state index contributed by atoms with van der Waals surface area (Å²) in [4.78, 5) is 0. The highest BCUT2D eigenvalue weighted by atomic mass is 16.3. The van der Waals surface area contributed by atoms with Gasteiger partial charge in [-0.25, -0.2) is 0 Å². The Morgan fingerprint density at radius 1 is 0.667 bits per heavy atom. The summed E-state index contributed by atoms with van der Waals surface area (Å²) >= 11 is 0. The third-order valence-electron chi connectivity index (χ3n) is 4.75. The Balaban J connectivity index is 3.33. The Hall–Kier alpha value is -0.980. The molecule has 1 rings (SSSR count). The van der Waals surface area contributed by atoms with Crippen molar-refractivity contribution >= 4 is 0 Å². The van der Waals surface area contributed by atoms with Gasteiger partial charge in [0.15, 0.2) is 0 Å². The quantitative estimate of drug-likeness (QED) is 0.622. The summed E-state index contributed by atoms with van der Waals surface area (Å²) < 4.78 is 0. The highest BCUT2D eigenvalue weighted by molar-refractivity contribution is 5.47. The van der Waals surface area contributed by atoms with E-state index in [9.17, 15) is 5.11 Å². The molecule has 1 heteroatoms. The van der Waals surface area contributed by atoms with E-state index < -0.39 is 0 Å². The number of hydrogen-bond donors (Lipinski definition) is 1. The molecule has 0 heterocycles. The first kappa shape index (κ1) is 21.1. The van der Waals surface area contributed by atoms with Crippen LogP contribution in [0.25, 0.3) is 0 Å². The van der Waals surface area contributed by atoms with Gasteiger partial charge in [0.25, 0.3) is 0 Å². The van der Waals surface area contributed by atoms with Crippen LogP contribution in [0.2, 0.25) is 0 Å². The molecule has 1 aromatic rings. The lowest BCUT2D eigenvalue weighted by Gasteiger charge is -2.37. The first-order valence-electron chi connectivity index (χ1n) is 9.29. The molecule has 0 radical (unpaired) electrons. The zero-order valence-electron chi connectivity index (χ0n) is 18.0. The maximum absolute atomic E-state index is 10.8. The van der Waals surface area contributed by atoms with E-state index in [1.807, 2.05) is 6.07 Å². The van der Waals surface area contributed by atoms with E-state index in [0.29, 0.717) is 5.75 Å². The van der Waals surface area contributed by atoms with Crippen molar-refractivity contribution in [2.24, 2.45) is 10.8 Å². The Kier molecular flexibility index (Phi) is 5.61. The molecule has 0 spiro atoms. The largest absolute Gasteiger partial charge is 0.508 e. The second-order valence-corrected chi connectivity index (χ2v) is 11.4. The second kappa shape index (κ2) is 6.39. The first-order valence-corrected chi connectivity index (χ1v) is 9.29. The van der Waals surface area contributed by atoms with Gasteiger partial charge < -0.3 is 5.11 Å². The van der Waals surface area contributed by atoms with Crippen molar-refractivity contribution < 1.29 is 5.11 Å². The maximum Gasteiger partial charge on any atom is 0.119 e. The van der Waals surface area contributed by atoms with Crippen LogP contribution in [-0.4, -0.2) is 5.11 Å². The molecular weight excluding hydrogens is 292 g/mol. The van der Waals surface area contributed by atoms with E-state index in [0.717, 1.165) is 18.4 Å². The highest BCUT2D eigenvalue weighted by Gasteiger charge is 2.33. The molecule has 0 amide bonds. The molecule has 0 fully saturated rings. The lowest BCUT2D eigenvalue weighted by Crippen LogP contribution is -2.28. The fourth-order valence-corrected chi connectivity index (χ4v) is 4.81. The number of benzene rings is 1. The van der Waals surface area contributed by atoms with Crippen molar-refractivity contribution in [2.45, 2.75) is 99.8 Å². The van der Waals surface area contributed by atoms with Crippen LogP contribution in [0.15, 0.2) is 12.1 Å². The van der Waals surface area contributed by atoms with Gasteiger partial charge >= 0.3 is 0 Å². The molecule has 24 heavy (non-hydrogen) atoms. The lowest BCUT2D eigenvalue weighted by atomic mass is 9.68. The molecule has 0 saturated carbocycles. The van der Waals surface area contributed by atoms with E-state index in [-0.39, 0.29) is 21.7 Å². The number of aromatic hydroxyl groups is 1. The van der Waals surface area contributed by atoms with Crippen molar-refractivity contribution in [3.8, 4) is 5.75 Å². The molecule has 0 aromatic heterocycles. The van der Waals surface area contributed by atoms with Crippen molar-refractivity contribution in [3.63, 3.8) is 0 Å². The number of phenols is 1. The van der Waals surface area contributed by atoms with E-state index in [2.05, 4.69) is 82.2 Å². The summed E-state index contributed by atoms with van der Waals surface area (Å²) in [5.74, 6) is 0.451. The van der Waals surface area contributed by atoms with Crippen molar-refractivity contribution in [1.29, 1.82) is 0 Å². The van der Waals surface area contributed by atoms with Gasteiger partial charge in [-0.15, -0.1) is 0 Å². The fourth-order valence-electron chi connectivity index (χ4n) is 4.81. The van der Waals surface area contributed by atoms with Gasteiger partial charge in [-0.3, -0.25) is 0 Å². The van der Waals surface area contributed by atoms with Crippen LogP contribution >= 0.6 is 0 Å². The van der Waals surface area contributed by atoms with Crippen LogP contribution in [-0.2, 0) is 10.8 Å². The Labute approximate surface area is 150 Å². The van der Waals surface area contributed by atoms with Crippen LogP contribution in [0.4, 0.5) is 0 Å². The SMILES string of the molecule is Cc1cc(C(C)(C)CC(C)(C)C)c(O)cc1C(C)(C)CC(C)(C)C. The molecule has 0 unspecified atom stereocenters. The Morgan fingerprint density at radius 3 is 1.42 bits per heavy atom. The van der Waals surface area contributed by atoms with Gasteiger partial charge in [0.05, 0.1) is 0 Å². The maximum atomic E-state index is 10.8. The number of aryl methyl sites for hydroxylation is 1. The smallest absolute Gasteiger partial charge is 0.119 e. The molecule has 1 nitrogen and oxygen atoms in total. The number of rotatable bonds is 4. The Bertz CT molecular complexity index is 524. The van der Waals surface area contributed by atoms with Crippen LogP contribution in [0.3, 0.4) is 0 Å². The average Bonchev–Trinajstić information content (AvgIpc) is 2.24. The monoisotopic (exact) mass is 332 g/mol. The van der Waals surface area contributed by atoms with Crippen molar-refractivity contribution in [2.75, 3.05) is 0 Å². The number of hydrogen-bond acceptors (Lipinski definition) is 1. The minimum Gasteiger partial charge on any atom is -0.508 e. The molecule has 0 bridgehead atoms. The van der Waals surface area contributed by atoms with E-state index in [1.165, 1.54) is 11.1 Å². The molecule has 1 aromatic carbocycles. The van der Waals surface area contributed by atoms with Crippen LogP contribution < -0.4 is 0 Å². The summed E-state index contributed by atoms with van der Waals surface area (Å²) in [6.45, 7) is 24.9. The van der Waals surface area contributed by atoms with E-state index >= 15 is 0 Å². The van der Waals surface area contributed by atoms with Crippen LogP contribution in [0.1, 0.15) is 98.8 Å². The minimum atomic E-state index is -0.0419. The highest BCUT2D eigenvalue weighted by Crippen LogP contribution is 2.44. The summed E-state index contributed by atoms with van der Waals surface area (Å²) in [5, 5.41) is 10.8. The molecular formula is C23H40O. The van der Waals surface area contributed by atoms with Crippen LogP contribution in [0, 0.1) is 17.8 Å². The van der Waals surface area contributed by atoms with Gasteiger partial charge in [-0.2, -0.15) is 0 Å². The molecule has 1 N–H and O–H groups in total. The standard InChI is InChI=1S/C23H40O/c1-16-12-18(23(10,11)15-21(5,6)7)19(24)13-17(16)22(8,9)14-20(2,3)4/h12-13,24H,14-15H2,1-11H3. The second-order valence-electron chi connectivity index (χ2n) is 11.4. The summed E-state index contributed by atoms with van der Waals surface area (Å²) in [7, 11) is 0. The fraction of sp³-hybridized carbons (Fsp3) is 0.739. The predicted octanol–water partition coefficient (Wildman–Crippen LogP) is 7.13. The topological polar surface area (TPSA) is 20.2 Å². The van der Waals surface area contributed by atoms with E-state index in [1.54, 1.807) is 0 Å². The average molecular weight is 333 g/mol. The molecule has 0 aliphatic heterocycles. The zero-order chi connectivity index (χ0) is 19.1. The van der Waals surface area contributed by atoms with Crippen molar-refractivity contribution in [3.05, 3.63) is 28.8 Å². The summed E-state index contributed by atoms with van der Waals surface area (Å²) in [6, 6.07) is 4.25. The van der Waals surface area contributed by atoms with Crippen LogP contribution in [0.5, 0.6) is 5.75 Å². The van der Waals surface area contributed by atoms with Crippen molar-refractivity contribution in [1.82, 2.24) is 0 Å². The molecule has 0 aliphatic rings. The molecule has 0 aliphatic carbocycles. The minimum absolute atomic E-state index is 0.0419. The zero-order valence-corrected chi connectivity index (χ0v) is 18.0. The van der Waals surface area contributed by atoms with Gasteiger partial charge in [0, 0.05) is 0 Å². The summed E-state index contributed by atoms with van der Waals surface area (Å²) in [5.41, 5.74) is 4.13. The molecule has 138 valence electrons. The van der Waals surface area contributed by atoms with E-state index in [4.69, 9.17) is 0 Å².